The molecule has 0 bridgehead atoms. The Kier molecular flexibility index (Phi) is 2.83. The monoisotopic (exact) mass is 231 g/mol. The minimum Gasteiger partial charge on any atom is -0.493 e. The lowest BCUT2D eigenvalue weighted by Gasteiger charge is -2.18. The van der Waals surface area contributed by atoms with Crippen LogP contribution in [-0.2, 0) is 6.42 Å². The van der Waals surface area contributed by atoms with Crippen molar-refractivity contribution < 1.29 is 4.74 Å². The molecule has 2 heteroatoms. The van der Waals surface area contributed by atoms with Crippen LogP contribution in [0.25, 0.3) is 0 Å². The van der Waals surface area contributed by atoms with Crippen molar-refractivity contribution in [2.75, 3.05) is 6.61 Å². The number of nitrogens with one attached hydrogen (secondary N) is 1. The SMILES string of the molecule is CCC1NC(C)CC1c1ccc2c(c1)CCO2. The maximum atomic E-state index is 5.57. The van der Waals surface area contributed by atoms with Crippen LogP contribution in [0.2, 0.25) is 0 Å². The van der Waals surface area contributed by atoms with Crippen LogP contribution in [0.5, 0.6) is 5.75 Å². The van der Waals surface area contributed by atoms with Gasteiger partial charge >= 0.3 is 0 Å². The van der Waals surface area contributed by atoms with Crippen LogP contribution >= 0.6 is 0 Å². The highest BCUT2D eigenvalue weighted by Crippen LogP contribution is 2.35. The van der Waals surface area contributed by atoms with Crippen molar-refractivity contribution in [3.05, 3.63) is 29.3 Å². The fraction of sp³-hybridized carbons (Fsp3) is 0.600. The molecule has 2 heterocycles. The zero-order chi connectivity index (χ0) is 11.8. The van der Waals surface area contributed by atoms with Gasteiger partial charge in [0, 0.05) is 24.4 Å². The summed E-state index contributed by atoms with van der Waals surface area (Å²) in [5.74, 6) is 1.78. The third-order valence-electron chi connectivity index (χ3n) is 4.17. The molecule has 2 aliphatic heterocycles. The number of rotatable bonds is 2. The predicted molar refractivity (Wildman–Crippen MR) is 69.7 cm³/mol. The molecule has 0 radical (unpaired) electrons. The van der Waals surface area contributed by atoms with E-state index in [9.17, 15) is 0 Å². The van der Waals surface area contributed by atoms with E-state index in [1.807, 2.05) is 0 Å². The number of hydrogen-bond acceptors (Lipinski definition) is 2. The van der Waals surface area contributed by atoms with Gasteiger partial charge in [0.1, 0.15) is 5.75 Å². The van der Waals surface area contributed by atoms with E-state index < -0.39 is 0 Å². The molecule has 17 heavy (non-hydrogen) atoms. The van der Waals surface area contributed by atoms with E-state index in [-0.39, 0.29) is 0 Å². The summed E-state index contributed by atoms with van der Waals surface area (Å²) in [6, 6.07) is 8.08. The van der Waals surface area contributed by atoms with Gasteiger partial charge in [-0.3, -0.25) is 0 Å². The Morgan fingerprint density at radius 1 is 1.41 bits per heavy atom. The number of fused-ring (bicyclic) bond motifs is 1. The second-order valence-electron chi connectivity index (χ2n) is 5.39. The molecular weight excluding hydrogens is 210 g/mol. The molecular formula is C15H21NO. The average molecular weight is 231 g/mol. The predicted octanol–water partition coefficient (Wildman–Crippen LogP) is 2.87. The minimum absolute atomic E-state index is 0.644. The molecule has 0 spiro atoms. The van der Waals surface area contributed by atoms with Crippen LogP contribution in [0.1, 0.15) is 43.7 Å². The third-order valence-corrected chi connectivity index (χ3v) is 4.17. The van der Waals surface area contributed by atoms with Crippen molar-refractivity contribution in [3.8, 4) is 5.75 Å². The topological polar surface area (TPSA) is 21.3 Å². The fourth-order valence-electron chi connectivity index (χ4n) is 3.30. The molecule has 2 aliphatic rings. The lowest BCUT2D eigenvalue weighted by molar-refractivity contribution is 0.356. The van der Waals surface area contributed by atoms with E-state index in [1.54, 1.807) is 0 Å². The number of benzene rings is 1. The quantitative estimate of drug-likeness (QED) is 0.845. The first-order chi connectivity index (χ1) is 8.28. The molecule has 0 aromatic heterocycles. The summed E-state index contributed by atoms with van der Waals surface area (Å²) in [6.07, 6.45) is 3.55. The highest BCUT2D eigenvalue weighted by molar-refractivity contribution is 5.41. The van der Waals surface area contributed by atoms with E-state index in [4.69, 9.17) is 4.74 Å². The first-order valence-corrected chi connectivity index (χ1v) is 6.79. The van der Waals surface area contributed by atoms with Crippen molar-refractivity contribution >= 4 is 0 Å². The van der Waals surface area contributed by atoms with Gasteiger partial charge in [-0.2, -0.15) is 0 Å². The molecule has 0 amide bonds. The van der Waals surface area contributed by atoms with Crippen LogP contribution in [0.15, 0.2) is 18.2 Å². The summed E-state index contributed by atoms with van der Waals surface area (Å²) in [4.78, 5) is 0. The molecule has 1 fully saturated rings. The van der Waals surface area contributed by atoms with Gasteiger partial charge in [0.05, 0.1) is 6.61 Å². The van der Waals surface area contributed by atoms with E-state index in [0.717, 1.165) is 18.8 Å². The number of ether oxygens (including phenoxy) is 1. The summed E-state index contributed by atoms with van der Waals surface area (Å²) in [6.45, 7) is 5.42. The largest absolute Gasteiger partial charge is 0.493 e. The molecule has 3 unspecified atom stereocenters. The highest BCUT2D eigenvalue weighted by Gasteiger charge is 2.31. The zero-order valence-corrected chi connectivity index (χ0v) is 10.7. The van der Waals surface area contributed by atoms with Gasteiger partial charge in [-0.15, -0.1) is 0 Å². The standard InChI is InChI=1S/C15H21NO/c1-3-14-13(8-10(2)16-14)11-4-5-15-12(9-11)6-7-17-15/h4-5,9-10,13-14,16H,3,6-8H2,1-2H3. The summed E-state index contributed by atoms with van der Waals surface area (Å²) < 4.78 is 5.57. The Hall–Kier alpha value is -1.02. The summed E-state index contributed by atoms with van der Waals surface area (Å²) in [7, 11) is 0. The van der Waals surface area contributed by atoms with Gasteiger partial charge in [0.2, 0.25) is 0 Å². The van der Waals surface area contributed by atoms with Crippen molar-refractivity contribution in [2.24, 2.45) is 0 Å². The highest BCUT2D eigenvalue weighted by atomic mass is 16.5. The average Bonchev–Trinajstić information content (AvgIpc) is 2.93. The van der Waals surface area contributed by atoms with Gasteiger partial charge in [-0.05, 0) is 37.0 Å². The normalized spacial score (nSPS) is 31.3. The number of hydrogen-bond donors (Lipinski definition) is 1. The first-order valence-electron chi connectivity index (χ1n) is 6.79. The van der Waals surface area contributed by atoms with E-state index in [2.05, 4.69) is 37.4 Å². The summed E-state index contributed by atoms with van der Waals surface area (Å²) in [5.41, 5.74) is 2.90. The molecule has 3 atom stereocenters. The zero-order valence-electron chi connectivity index (χ0n) is 10.7. The van der Waals surface area contributed by atoms with Gasteiger partial charge in [0.15, 0.2) is 0 Å². The van der Waals surface area contributed by atoms with Crippen LogP contribution in [0.3, 0.4) is 0 Å². The third kappa shape index (κ3) is 1.95. The maximum Gasteiger partial charge on any atom is 0.122 e. The maximum absolute atomic E-state index is 5.57. The van der Waals surface area contributed by atoms with E-state index in [0.29, 0.717) is 18.0 Å². The Morgan fingerprint density at radius 3 is 3.12 bits per heavy atom. The second kappa shape index (κ2) is 4.34. The molecule has 92 valence electrons. The molecule has 2 nitrogen and oxygen atoms in total. The van der Waals surface area contributed by atoms with E-state index >= 15 is 0 Å². The van der Waals surface area contributed by atoms with Gasteiger partial charge < -0.3 is 10.1 Å². The lowest BCUT2D eigenvalue weighted by atomic mass is 9.88. The molecule has 1 N–H and O–H groups in total. The van der Waals surface area contributed by atoms with Crippen molar-refractivity contribution in [2.45, 2.75) is 51.1 Å². The van der Waals surface area contributed by atoms with Crippen LogP contribution in [0.4, 0.5) is 0 Å². The Bertz CT molecular complexity index is 415. The van der Waals surface area contributed by atoms with Crippen LogP contribution < -0.4 is 10.1 Å². The smallest absolute Gasteiger partial charge is 0.122 e. The van der Waals surface area contributed by atoms with Crippen molar-refractivity contribution in [1.29, 1.82) is 0 Å². The first kappa shape index (κ1) is 11.1. The molecule has 1 aromatic rings. The Balaban J connectivity index is 1.88. The van der Waals surface area contributed by atoms with Crippen LogP contribution in [-0.4, -0.2) is 18.7 Å². The van der Waals surface area contributed by atoms with Gasteiger partial charge in [0.25, 0.3) is 0 Å². The molecule has 1 saturated heterocycles. The molecule has 0 saturated carbocycles. The molecule has 1 aromatic carbocycles. The second-order valence-corrected chi connectivity index (χ2v) is 5.39. The van der Waals surface area contributed by atoms with Gasteiger partial charge in [-0.1, -0.05) is 19.1 Å². The summed E-state index contributed by atoms with van der Waals surface area (Å²) in [5, 5.41) is 3.69. The van der Waals surface area contributed by atoms with Gasteiger partial charge in [-0.25, -0.2) is 0 Å². The Labute approximate surface area is 103 Å². The molecule has 3 rings (SSSR count). The Morgan fingerprint density at radius 2 is 2.29 bits per heavy atom. The van der Waals surface area contributed by atoms with E-state index in [1.165, 1.54) is 24.0 Å². The lowest BCUT2D eigenvalue weighted by Crippen LogP contribution is -2.28. The minimum atomic E-state index is 0.644. The van der Waals surface area contributed by atoms with Crippen LogP contribution in [0, 0.1) is 0 Å². The molecule has 0 aliphatic carbocycles. The van der Waals surface area contributed by atoms with Crippen molar-refractivity contribution in [1.82, 2.24) is 5.32 Å². The fourth-order valence-corrected chi connectivity index (χ4v) is 3.30. The van der Waals surface area contributed by atoms with Crippen molar-refractivity contribution in [3.63, 3.8) is 0 Å². The summed E-state index contributed by atoms with van der Waals surface area (Å²) >= 11 is 0.